The molecule has 0 aliphatic rings. The molecule has 6 heteroatoms. The third kappa shape index (κ3) is 4.41. The second-order valence-electron chi connectivity index (χ2n) is 4.35. The maximum atomic E-state index is 12.2. The minimum absolute atomic E-state index is 0.0352. The van der Waals surface area contributed by atoms with Crippen LogP contribution in [0.4, 0.5) is 5.69 Å². The highest BCUT2D eigenvalue weighted by molar-refractivity contribution is 9.11. The Labute approximate surface area is 138 Å². The number of benzene rings is 2. The predicted molar refractivity (Wildman–Crippen MR) is 87.6 cm³/mol. The largest absolute Gasteiger partial charge is 0.481 e. The van der Waals surface area contributed by atoms with Crippen LogP contribution >= 0.6 is 31.9 Å². The van der Waals surface area contributed by atoms with E-state index < -0.39 is 5.97 Å². The summed E-state index contributed by atoms with van der Waals surface area (Å²) in [6.07, 6.45) is -0.0352. The number of aliphatic carboxylic acids is 1. The van der Waals surface area contributed by atoms with Gasteiger partial charge in [0.1, 0.15) is 0 Å². The van der Waals surface area contributed by atoms with E-state index in [4.69, 9.17) is 5.11 Å². The first-order valence-electron chi connectivity index (χ1n) is 6.03. The normalized spacial score (nSPS) is 10.2. The van der Waals surface area contributed by atoms with Crippen LogP contribution in [-0.4, -0.2) is 17.0 Å². The van der Waals surface area contributed by atoms with E-state index in [9.17, 15) is 9.59 Å². The summed E-state index contributed by atoms with van der Waals surface area (Å²) in [6.45, 7) is 0. The van der Waals surface area contributed by atoms with Crippen LogP contribution in [0.5, 0.6) is 0 Å². The van der Waals surface area contributed by atoms with E-state index in [2.05, 4.69) is 37.2 Å². The van der Waals surface area contributed by atoms with Gasteiger partial charge in [-0.25, -0.2) is 0 Å². The van der Waals surface area contributed by atoms with Crippen LogP contribution in [0.15, 0.2) is 51.4 Å². The standard InChI is InChI=1S/C15H11Br2NO3/c16-10-3-6-12(13(17)8-10)15(21)18-11-4-1-9(2-5-11)7-14(19)20/h1-6,8H,7H2,(H,18,21)(H,19,20). The fraction of sp³-hybridized carbons (Fsp3) is 0.0667. The zero-order valence-corrected chi connectivity index (χ0v) is 13.9. The van der Waals surface area contributed by atoms with Crippen molar-refractivity contribution in [1.82, 2.24) is 0 Å². The van der Waals surface area contributed by atoms with Gasteiger partial charge in [-0.15, -0.1) is 0 Å². The summed E-state index contributed by atoms with van der Waals surface area (Å²) in [6, 6.07) is 12.0. The number of carbonyl (C=O) groups excluding carboxylic acids is 1. The molecule has 0 aliphatic carbocycles. The highest BCUT2D eigenvalue weighted by Crippen LogP contribution is 2.23. The number of carboxylic acids is 1. The van der Waals surface area contributed by atoms with Gasteiger partial charge in [-0.3, -0.25) is 9.59 Å². The summed E-state index contributed by atoms with van der Waals surface area (Å²) in [5, 5.41) is 11.5. The Morgan fingerprint density at radius 1 is 1.05 bits per heavy atom. The first-order valence-corrected chi connectivity index (χ1v) is 7.61. The summed E-state index contributed by atoms with van der Waals surface area (Å²) in [5.74, 6) is -1.12. The number of carbonyl (C=O) groups is 2. The SMILES string of the molecule is O=C(O)Cc1ccc(NC(=O)c2ccc(Br)cc2Br)cc1. The number of hydrogen-bond acceptors (Lipinski definition) is 2. The van der Waals surface area contributed by atoms with Crippen LogP contribution in [0.2, 0.25) is 0 Å². The van der Waals surface area contributed by atoms with Crippen LogP contribution in [0.1, 0.15) is 15.9 Å². The molecule has 21 heavy (non-hydrogen) atoms. The molecule has 108 valence electrons. The minimum Gasteiger partial charge on any atom is -0.481 e. The first-order chi connectivity index (χ1) is 9.95. The second kappa shape index (κ2) is 6.87. The second-order valence-corrected chi connectivity index (χ2v) is 6.12. The maximum Gasteiger partial charge on any atom is 0.307 e. The van der Waals surface area contributed by atoms with E-state index in [-0.39, 0.29) is 12.3 Å². The van der Waals surface area contributed by atoms with E-state index in [0.29, 0.717) is 21.3 Å². The lowest BCUT2D eigenvalue weighted by Crippen LogP contribution is -2.12. The zero-order valence-electron chi connectivity index (χ0n) is 10.8. The molecule has 1 amide bonds. The van der Waals surface area contributed by atoms with Crippen molar-refractivity contribution in [2.24, 2.45) is 0 Å². The van der Waals surface area contributed by atoms with Crippen molar-refractivity contribution in [1.29, 1.82) is 0 Å². The Morgan fingerprint density at radius 2 is 1.71 bits per heavy atom. The molecule has 0 unspecified atom stereocenters. The smallest absolute Gasteiger partial charge is 0.307 e. The molecular formula is C15H11Br2NO3. The van der Waals surface area contributed by atoms with Crippen molar-refractivity contribution in [2.75, 3.05) is 5.32 Å². The number of nitrogens with one attached hydrogen (secondary N) is 1. The van der Waals surface area contributed by atoms with Crippen molar-refractivity contribution in [3.05, 3.63) is 62.5 Å². The number of anilines is 1. The average molecular weight is 413 g/mol. The monoisotopic (exact) mass is 411 g/mol. The van der Waals surface area contributed by atoms with Crippen molar-refractivity contribution in [3.63, 3.8) is 0 Å². The van der Waals surface area contributed by atoms with E-state index >= 15 is 0 Å². The molecule has 0 aliphatic heterocycles. The van der Waals surface area contributed by atoms with Gasteiger partial charge in [-0.2, -0.15) is 0 Å². The highest BCUT2D eigenvalue weighted by Gasteiger charge is 2.10. The van der Waals surface area contributed by atoms with Crippen LogP contribution in [0, 0.1) is 0 Å². The zero-order chi connectivity index (χ0) is 15.4. The first kappa shape index (κ1) is 15.7. The van der Waals surface area contributed by atoms with Crippen LogP contribution in [0.25, 0.3) is 0 Å². The molecule has 0 saturated heterocycles. The molecule has 0 aromatic heterocycles. The van der Waals surface area contributed by atoms with Gasteiger partial charge in [-0.05, 0) is 51.8 Å². The number of rotatable bonds is 4. The van der Waals surface area contributed by atoms with Gasteiger partial charge in [0.05, 0.1) is 12.0 Å². The molecule has 2 rings (SSSR count). The van der Waals surface area contributed by atoms with Gasteiger partial charge >= 0.3 is 5.97 Å². The van der Waals surface area contributed by atoms with Crippen LogP contribution < -0.4 is 5.32 Å². The van der Waals surface area contributed by atoms with E-state index in [0.717, 1.165) is 4.47 Å². The van der Waals surface area contributed by atoms with Crippen molar-refractivity contribution in [2.45, 2.75) is 6.42 Å². The van der Waals surface area contributed by atoms with Gasteiger partial charge in [0.2, 0.25) is 0 Å². The molecule has 0 saturated carbocycles. The lowest BCUT2D eigenvalue weighted by Gasteiger charge is -2.08. The molecule has 0 atom stereocenters. The summed E-state index contributed by atoms with van der Waals surface area (Å²) < 4.78 is 1.57. The molecule has 0 radical (unpaired) electrons. The lowest BCUT2D eigenvalue weighted by molar-refractivity contribution is -0.136. The van der Waals surface area contributed by atoms with Crippen LogP contribution in [-0.2, 0) is 11.2 Å². The van der Waals surface area contributed by atoms with E-state index in [1.54, 1.807) is 42.5 Å². The quantitative estimate of drug-likeness (QED) is 0.794. The van der Waals surface area contributed by atoms with Crippen molar-refractivity contribution >= 4 is 49.4 Å². The third-order valence-electron chi connectivity index (χ3n) is 2.74. The van der Waals surface area contributed by atoms with E-state index in [1.807, 2.05) is 0 Å². The Kier molecular flexibility index (Phi) is 5.14. The Hall–Kier alpha value is -1.66. The topological polar surface area (TPSA) is 66.4 Å². The predicted octanol–water partition coefficient (Wildman–Crippen LogP) is 4.09. The Balaban J connectivity index is 2.10. The average Bonchev–Trinajstić information content (AvgIpc) is 2.40. The summed E-state index contributed by atoms with van der Waals surface area (Å²) in [4.78, 5) is 22.8. The molecule has 0 spiro atoms. The van der Waals surface area contributed by atoms with Crippen molar-refractivity contribution in [3.8, 4) is 0 Å². The van der Waals surface area contributed by atoms with Crippen LogP contribution in [0.3, 0.4) is 0 Å². The molecule has 2 aromatic carbocycles. The fourth-order valence-electron chi connectivity index (χ4n) is 1.75. The fourth-order valence-corrected chi connectivity index (χ4v) is 2.98. The molecule has 4 nitrogen and oxygen atoms in total. The van der Waals surface area contributed by atoms with Gasteiger partial charge in [0, 0.05) is 14.6 Å². The van der Waals surface area contributed by atoms with E-state index in [1.165, 1.54) is 0 Å². The van der Waals surface area contributed by atoms with Gasteiger partial charge in [0.25, 0.3) is 5.91 Å². The molecule has 2 N–H and O–H groups in total. The number of amides is 1. The number of halogens is 2. The maximum absolute atomic E-state index is 12.2. The summed E-state index contributed by atoms with van der Waals surface area (Å²) >= 11 is 6.67. The molecule has 2 aromatic rings. The summed E-state index contributed by atoms with van der Waals surface area (Å²) in [7, 11) is 0. The molecular weight excluding hydrogens is 402 g/mol. The molecule has 0 heterocycles. The van der Waals surface area contributed by atoms with Gasteiger partial charge < -0.3 is 10.4 Å². The summed E-state index contributed by atoms with van der Waals surface area (Å²) in [5.41, 5.74) is 1.82. The van der Waals surface area contributed by atoms with Gasteiger partial charge in [-0.1, -0.05) is 28.1 Å². The number of carboxylic acid groups (broad SMARTS) is 1. The van der Waals surface area contributed by atoms with Crippen molar-refractivity contribution < 1.29 is 14.7 Å². The lowest BCUT2D eigenvalue weighted by atomic mass is 10.1. The third-order valence-corrected chi connectivity index (χ3v) is 3.89. The Bertz CT molecular complexity index is 684. The minimum atomic E-state index is -0.884. The molecule has 0 fully saturated rings. The highest BCUT2D eigenvalue weighted by atomic mass is 79.9. The Morgan fingerprint density at radius 3 is 2.29 bits per heavy atom. The molecule has 0 bridgehead atoms. The number of hydrogen-bond donors (Lipinski definition) is 2. The van der Waals surface area contributed by atoms with Gasteiger partial charge in [0.15, 0.2) is 0 Å².